The zero-order chi connectivity index (χ0) is 22.7. The zero-order valence-electron chi connectivity index (χ0n) is 19.1. The van der Waals surface area contributed by atoms with Crippen molar-refractivity contribution in [2.24, 2.45) is 0 Å². The van der Waals surface area contributed by atoms with E-state index in [0.29, 0.717) is 11.6 Å². The van der Waals surface area contributed by atoms with Crippen LogP contribution in [0.15, 0.2) is 35.2 Å². The summed E-state index contributed by atoms with van der Waals surface area (Å²) in [7, 11) is 1.68. The van der Waals surface area contributed by atoms with Gasteiger partial charge >= 0.3 is 0 Å². The van der Waals surface area contributed by atoms with E-state index in [-0.39, 0.29) is 5.41 Å². The molecule has 174 valence electrons. The highest BCUT2D eigenvalue weighted by molar-refractivity contribution is 7.99. The summed E-state index contributed by atoms with van der Waals surface area (Å²) in [6.07, 6.45) is 2.37. The van der Waals surface area contributed by atoms with Crippen molar-refractivity contribution >= 4 is 40.7 Å². The van der Waals surface area contributed by atoms with E-state index in [2.05, 4.69) is 41.8 Å². The summed E-state index contributed by atoms with van der Waals surface area (Å²) in [5, 5.41) is 1.48. The average molecular weight is 496 g/mol. The summed E-state index contributed by atoms with van der Waals surface area (Å²) < 4.78 is 11.5. The number of fused-ring (bicyclic) bond motifs is 1. The average Bonchev–Trinajstić information content (AvgIpc) is 3.08. The highest BCUT2D eigenvalue weighted by atomic mass is 35.5. The van der Waals surface area contributed by atoms with Crippen LogP contribution in [0.4, 0.5) is 5.69 Å². The molecule has 0 aromatic heterocycles. The van der Waals surface area contributed by atoms with Gasteiger partial charge in [0.1, 0.15) is 5.75 Å². The minimum absolute atomic E-state index is 0.0178. The monoisotopic (exact) mass is 494 g/mol. The maximum atomic E-state index is 6.46. The summed E-state index contributed by atoms with van der Waals surface area (Å²) in [5.74, 6) is 2.88. The van der Waals surface area contributed by atoms with E-state index < -0.39 is 0 Å². The molecule has 0 aliphatic carbocycles. The number of hydrogen-bond acceptors (Lipinski definition) is 5. The first kappa shape index (κ1) is 23.9. The molecule has 0 radical (unpaired) electrons. The number of para-hydroxylation sites is 1. The van der Waals surface area contributed by atoms with Gasteiger partial charge in [0, 0.05) is 42.2 Å². The van der Waals surface area contributed by atoms with Gasteiger partial charge in [-0.25, -0.2) is 0 Å². The van der Waals surface area contributed by atoms with Crippen molar-refractivity contribution in [2.45, 2.75) is 37.0 Å². The second-order valence-electron chi connectivity index (χ2n) is 9.13. The summed E-state index contributed by atoms with van der Waals surface area (Å²) in [6, 6.07) is 10.1. The van der Waals surface area contributed by atoms with Crippen LogP contribution < -0.4 is 14.4 Å². The van der Waals surface area contributed by atoms with Gasteiger partial charge in [0.25, 0.3) is 0 Å². The number of piperazine rings is 1. The van der Waals surface area contributed by atoms with Crippen LogP contribution >= 0.6 is 35.0 Å². The van der Waals surface area contributed by atoms with E-state index in [4.69, 9.17) is 32.7 Å². The molecule has 0 amide bonds. The van der Waals surface area contributed by atoms with Crippen LogP contribution in [-0.2, 0) is 5.41 Å². The van der Waals surface area contributed by atoms with Crippen LogP contribution in [0.3, 0.4) is 0 Å². The first-order chi connectivity index (χ1) is 15.4. The largest absolute Gasteiger partial charge is 0.494 e. The van der Waals surface area contributed by atoms with E-state index in [0.717, 1.165) is 65.6 Å². The lowest BCUT2D eigenvalue weighted by molar-refractivity contribution is 0.252. The van der Waals surface area contributed by atoms with Gasteiger partial charge in [-0.15, -0.1) is 11.8 Å². The Labute approximate surface area is 206 Å². The lowest BCUT2D eigenvalue weighted by Crippen LogP contribution is -2.46. The van der Waals surface area contributed by atoms with Crippen molar-refractivity contribution < 1.29 is 9.47 Å². The van der Waals surface area contributed by atoms with Gasteiger partial charge in [0.15, 0.2) is 5.75 Å². The molecule has 0 N–H and O–H groups in total. The molecule has 7 heteroatoms. The number of anilines is 1. The fraction of sp³-hybridized carbons (Fsp3) is 0.520. The number of ether oxygens (including phenoxy) is 2. The van der Waals surface area contributed by atoms with Gasteiger partial charge in [-0.2, -0.15) is 0 Å². The minimum Gasteiger partial charge on any atom is -0.494 e. The topological polar surface area (TPSA) is 24.9 Å². The fourth-order valence-corrected chi connectivity index (χ4v) is 6.02. The molecule has 4 nitrogen and oxygen atoms in total. The van der Waals surface area contributed by atoms with Crippen LogP contribution in [0, 0.1) is 0 Å². The number of halogens is 2. The molecule has 32 heavy (non-hydrogen) atoms. The molecular weight excluding hydrogens is 463 g/mol. The van der Waals surface area contributed by atoms with Crippen LogP contribution in [0.25, 0.3) is 0 Å². The Morgan fingerprint density at radius 3 is 2.62 bits per heavy atom. The van der Waals surface area contributed by atoms with Gasteiger partial charge in [-0.3, -0.25) is 4.90 Å². The third-order valence-electron chi connectivity index (χ3n) is 6.31. The lowest BCUT2D eigenvalue weighted by Gasteiger charge is -2.36. The summed E-state index contributed by atoms with van der Waals surface area (Å²) in [5.41, 5.74) is 2.41. The number of methoxy groups -OCH3 is 1. The lowest BCUT2D eigenvalue weighted by atomic mass is 9.86. The Morgan fingerprint density at radius 2 is 1.88 bits per heavy atom. The molecule has 0 atom stereocenters. The Morgan fingerprint density at radius 1 is 1.09 bits per heavy atom. The van der Waals surface area contributed by atoms with Crippen molar-refractivity contribution in [3.63, 3.8) is 0 Å². The number of thioether (sulfide) groups is 1. The van der Waals surface area contributed by atoms with Gasteiger partial charge in [-0.05, 0) is 49.4 Å². The van der Waals surface area contributed by atoms with Crippen LogP contribution in [-0.4, -0.2) is 57.1 Å². The summed E-state index contributed by atoms with van der Waals surface area (Å²) in [4.78, 5) is 6.12. The van der Waals surface area contributed by atoms with Crippen molar-refractivity contribution in [2.75, 3.05) is 57.1 Å². The number of benzene rings is 2. The van der Waals surface area contributed by atoms with Crippen molar-refractivity contribution in [1.29, 1.82) is 0 Å². The van der Waals surface area contributed by atoms with Gasteiger partial charge < -0.3 is 14.4 Å². The standard InChI is InChI=1S/C25H32Cl2N2O2S/c1-25(2)17-31-23-19(25)15-18(26)16-21(23)29-12-10-28(11-13-29)9-4-5-14-32-22-8-6-7-20(27)24(22)30-3/h6-8,15-16H,4-5,9-14,17H2,1-3H3. The molecule has 4 rings (SSSR count). The molecule has 2 aliphatic rings. The summed E-state index contributed by atoms with van der Waals surface area (Å²) >= 11 is 14.5. The van der Waals surface area contributed by atoms with Crippen molar-refractivity contribution in [1.82, 2.24) is 4.90 Å². The molecule has 1 saturated heterocycles. The smallest absolute Gasteiger partial charge is 0.150 e. The Kier molecular flexibility index (Phi) is 7.71. The first-order valence-electron chi connectivity index (χ1n) is 11.3. The molecule has 2 aromatic carbocycles. The van der Waals surface area contributed by atoms with Gasteiger partial charge in [0.05, 0.1) is 29.3 Å². The van der Waals surface area contributed by atoms with Crippen molar-refractivity contribution in [3.05, 3.63) is 45.9 Å². The van der Waals surface area contributed by atoms with E-state index in [1.807, 2.05) is 23.9 Å². The first-order valence-corrected chi connectivity index (χ1v) is 13.0. The maximum Gasteiger partial charge on any atom is 0.150 e. The van der Waals surface area contributed by atoms with E-state index in [1.165, 1.54) is 18.4 Å². The molecule has 2 heterocycles. The molecule has 1 fully saturated rings. The molecule has 2 aliphatic heterocycles. The zero-order valence-corrected chi connectivity index (χ0v) is 21.5. The van der Waals surface area contributed by atoms with E-state index in [9.17, 15) is 0 Å². The predicted molar refractivity (Wildman–Crippen MR) is 137 cm³/mol. The second-order valence-corrected chi connectivity index (χ2v) is 11.1. The van der Waals surface area contributed by atoms with Gasteiger partial charge in [-0.1, -0.05) is 43.1 Å². The molecule has 2 aromatic rings. The van der Waals surface area contributed by atoms with E-state index >= 15 is 0 Å². The normalized spacial score (nSPS) is 17.8. The second kappa shape index (κ2) is 10.3. The number of hydrogen-bond donors (Lipinski definition) is 0. The molecule has 0 unspecified atom stereocenters. The third kappa shape index (κ3) is 5.27. The fourth-order valence-electron chi connectivity index (χ4n) is 4.43. The molecule has 0 spiro atoms. The Balaban J connectivity index is 1.23. The minimum atomic E-state index is 0.0178. The SMILES string of the molecule is COc1c(Cl)cccc1SCCCCN1CCN(c2cc(Cl)cc3c2OCC3(C)C)CC1. The maximum absolute atomic E-state index is 6.46. The van der Waals surface area contributed by atoms with Crippen LogP contribution in [0.2, 0.25) is 10.0 Å². The number of rotatable bonds is 8. The molecular formula is C25H32Cl2N2O2S. The predicted octanol–water partition coefficient (Wildman–Crippen LogP) is 6.37. The quantitative estimate of drug-likeness (QED) is 0.313. The van der Waals surface area contributed by atoms with Crippen LogP contribution in [0.1, 0.15) is 32.3 Å². The number of nitrogens with zero attached hydrogens (tertiary/aromatic N) is 2. The number of unbranched alkanes of at least 4 members (excludes halogenated alkanes) is 1. The molecule has 0 bridgehead atoms. The Hall–Kier alpha value is -1.27. The van der Waals surface area contributed by atoms with E-state index in [1.54, 1.807) is 7.11 Å². The molecule has 0 saturated carbocycles. The highest BCUT2D eigenvalue weighted by Crippen LogP contribution is 2.46. The third-order valence-corrected chi connectivity index (χ3v) is 7.96. The highest BCUT2D eigenvalue weighted by Gasteiger charge is 2.35. The van der Waals surface area contributed by atoms with Gasteiger partial charge in [0.2, 0.25) is 0 Å². The van der Waals surface area contributed by atoms with Crippen LogP contribution in [0.5, 0.6) is 11.5 Å². The summed E-state index contributed by atoms with van der Waals surface area (Å²) in [6.45, 7) is 10.4. The van der Waals surface area contributed by atoms with Crippen molar-refractivity contribution in [3.8, 4) is 11.5 Å². The Bertz CT molecular complexity index is 946.